The molecule has 0 fully saturated rings. The van der Waals surface area contributed by atoms with Gasteiger partial charge in [-0.15, -0.1) is 0 Å². The average molecular weight is 330 g/mol. The molecule has 0 spiro atoms. The van der Waals surface area contributed by atoms with Gasteiger partial charge in [-0.2, -0.15) is 0 Å². The van der Waals surface area contributed by atoms with Crippen LogP contribution in [0.5, 0.6) is 11.5 Å². The number of nitrogens with two attached hydrogens (primary N) is 1. The highest BCUT2D eigenvalue weighted by molar-refractivity contribution is 9.10. The summed E-state index contributed by atoms with van der Waals surface area (Å²) in [7, 11) is 3.33. The SMILES string of the molecule is COc1cc(C(C)CCN)c(C(C)C)c(Br)c1OC. The van der Waals surface area contributed by atoms with Gasteiger partial charge in [0.05, 0.1) is 18.7 Å². The molecule has 0 aliphatic carbocycles. The molecule has 19 heavy (non-hydrogen) atoms. The fourth-order valence-corrected chi connectivity index (χ4v) is 3.43. The fourth-order valence-electron chi connectivity index (χ4n) is 2.38. The normalized spacial score (nSPS) is 12.6. The zero-order valence-corrected chi connectivity index (χ0v) is 14.0. The van der Waals surface area contributed by atoms with Crippen LogP contribution in [-0.4, -0.2) is 20.8 Å². The highest BCUT2D eigenvalue weighted by Crippen LogP contribution is 2.45. The molecular formula is C15H24BrNO2. The summed E-state index contributed by atoms with van der Waals surface area (Å²) in [5, 5.41) is 0. The van der Waals surface area contributed by atoms with Crippen LogP contribution >= 0.6 is 15.9 Å². The zero-order chi connectivity index (χ0) is 14.6. The summed E-state index contributed by atoms with van der Waals surface area (Å²) < 4.78 is 11.9. The molecule has 0 aliphatic rings. The van der Waals surface area contributed by atoms with Gasteiger partial charge in [0.25, 0.3) is 0 Å². The minimum atomic E-state index is 0.401. The van der Waals surface area contributed by atoms with Crippen LogP contribution in [0.2, 0.25) is 0 Å². The highest BCUT2D eigenvalue weighted by Gasteiger charge is 2.22. The van der Waals surface area contributed by atoms with E-state index in [0.717, 1.165) is 22.4 Å². The Kier molecular flexibility index (Phi) is 6.14. The first-order valence-electron chi connectivity index (χ1n) is 6.62. The van der Waals surface area contributed by atoms with Gasteiger partial charge in [0.15, 0.2) is 11.5 Å². The van der Waals surface area contributed by atoms with Crippen molar-refractivity contribution in [3.8, 4) is 11.5 Å². The predicted molar refractivity (Wildman–Crippen MR) is 83.4 cm³/mol. The Hall–Kier alpha value is -0.740. The van der Waals surface area contributed by atoms with Gasteiger partial charge in [0.1, 0.15) is 0 Å². The van der Waals surface area contributed by atoms with Gasteiger partial charge in [-0.1, -0.05) is 20.8 Å². The number of methoxy groups -OCH3 is 2. The third-order valence-corrected chi connectivity index (χ3v) is 4.18. The maximum absolute atomic E-state index is 5.69. The number of rotatable bonds is 6. The van der Waals surface area contributed by atoms with Crippen molar-refractivity contribution in [1.82, 2.24) is 0 Å². The molecule has 4 heteroatoms. The Morgan fingerprint density at radius 1 is 1.21 bits per heavy atom. The van der Waals surface area contributed by atoms with Gasteiger partial charge >= 0.3 is 0 Å². The number of hydrogen-bond donors (Lipinski definition) is 1. The van der Waals surface area contributed by atoms with Crippen molar-refractivity contribution in [1.29, 1.82) is 0 Å². The van der Waals surface area contributed by atoms with Crippen LogP contribution in [0.15, 0.2) is 10.5 Å². The van der Waals surface area contributed by atoms with E-state index in [4.69, 9.17) is 15.2 Å². The third-order valence-electron chi connectivity index (χ3n) is 3.39. The summed E-state index contributed by atoms with van der Waals surface area (Å²) in [6, 6.07) is 2.08. The molecule has 1 aromatic carbocycles. The summed E-state index contributed by atoms with van der Waals surface area (Å²) in [6.45, 7) is 7.26. The first-order valence-corrected chi connectivity index (χ1v) is 7.41. The first-order chi connectivity index (χ1) is 8.97. The van der Waals surface area contributed by atoms with Crippen LogP contribution in [0.1, 0.15) is 50.2 Å². The van der Waals surface area contributed by atoms with Crippen molar-refractivity contribution in [3.63, 3.8) is 0 Å². The van der Waals surface area contributed by atoms with Crippen molar-refractivity contribution in [2.45, 2.75) is 39.0 Å². The molecule has 1 unspecified atom stereocenters. The lowest BCUT2D eigenvalue weighted by Gasteiger charge is -2.23. The summed E-state index contributed by atoms with van der Waals surface area (Å²) in [5.74, 6) is 2.33. The number of halogens is 1. The first kappa shape index (κ1) is 16.3. The minimum Gasteiger partial charge on any atom is -0.493 e. The van der Waals surface area contributed by atoms with Crippen molar-refractivity contribution in [2.75, 3.05) is 20.8 Å². The Morgan fingerprint density at radius 2 is 1.84 bits per heavy atom. The smallest absolute Gasteiger partial charge is 0.175 e. The molecule has 3 nitrogen and oxygen atoms in total. The third kappa shape index (κ3) is 3.42. The van der Waals surface area contributed by atoms with Gasteiger partial charge < -0.3 is 15.2 Å². The zero-order valence-electron chi connectivity index (χ0n) is 12.4. The molecule has 0 aromatic heterocycles. The van der Waals surface area contributed by atoms with Crippen molar-refractivity contribution >= 4 is 15.9 Å². The van der Waals surface area contributed by atoms with Crippen LogP contribution in [0.4, 0.5) is 0 Å². The molecule has 0 amide bonds. The van der Waals surface area contributed by atoms with E-state index in [9.17, 15) is 0 Å². The standard InChI is InChI=1S/C15H24BrNO2/c1-9(2)13-11(10(3)6-7-17)8-12(18-4)15(19-5)14(13)16/h8-10H,6-7,17H2,1-5H3. The van der Waals surface area contributed by atoms with Crippen LogP contribution in [0.3, 0.4) is 0 Å². The quantitative estimate of drug-likeness (QED) is 0.856. The van der Waals surface area contributed by atoms with Gasteiger partial charge in [0, 0.05) is 0 Å². The summed E-state index contributed by atoms with van der Waals surface area (Å²) in [5.41, 5.74) is 8.25. The molecular weight excluding hydrogens is 306 g/mol. The molecule has 0 heterocycles. The van der Waals surface area contributed by atoms with Gasteiger partial charge in [0.2, 0.25) is 0 Å². The summed E-state index contributed by atoms with van der Waals surface area (Å²) in [6.07, 6.45) is 0.960. The molecule has 0 aliphatic heterocycles. The van der Waals surface area contributed by atoms with Gasteiger partial charge in [-0.25, -0.2) is 0 Å². The Labute approximate surface area is 124 Å². The van der Waals surface area contributed by atoms with Crippen molar-refractivity contribution in [3.05, 3.63) is 21.7 Å². The van der Waals surface area contributed by atoms with Crippen LogP contribution in [-0.2, 0) is 0 Å². The predicted octanol–water partition coefficient (Wildman–Crippen LogP) is 4.04. The maximum atomic E-state index is 5.69. The average Bonchev–Trinajstić information content (AvgIpc) is 2.37. The van der Waals surface area contributed by atoms with Crippen molar-refractivity contribution < 1.29 is 9.47 Å². The lowest BCUT2D eigenvalue weighted by atomic mass is 9.87. The second-order valence-corrected chi connectivity index (χ2v) is 5.86. The van der Waals surface area contributed by atoms with Crippen molar-refractivity contribution in [2.24, 2.45) is 5.73 Å². The van der Waals surface area contributed by atoms with E-state index in [2.05, 4.69) is 42.8 Å². The molecule has 1 rings (SSSR count). The molecule has 1 atom stereocenters. The Morgan fingerprint density at radius 3 is 2.26 bits per heavy atom. The topological polar surface area (TPSA) is 44.5 Å². The van der Waals surface area contributed by atoms with Crippen LogP contribution < -0.4 is 15.2 Å². The Balaban J connectivity index is 3.47. The number of hydrogen-bond acceptors (Lipinski definition) is 3. The molecule has 0 bridgehead atoms. The number of benzene rings is 1. The molecule has 0 saturated carbocycles. The minimum absolute atomic E-state index is 0.401. The van der Waals surface area contributed by atoms with Gasteiger partial charge in [-0.3, -0.25) is 0 Å². The van der Waals surface area contributed by atoms with Gasteiger partial charge in [-0.05, 0) is 57.9 Å². The van der Waals surface area contributed by atoms with Crippen LogP contribution in [0, 0.1) is 0 Å². The second-order valence-electron chi connectivity index (χ2n) is 5.06. The monoisotopic (exact) mass is 329 g/mol. The maximum Gasteiger partial charge on any atom is 0.175 e. The summed E-state index contributed by atoms with van der Waals surface area (Å²) >= 11 is 3.67. The Bertz CT molecular complexity index is 433. The lowest BCUT2D eigenvalue weighted by molar-refractivity contribution is 0.351. The lowest BCUT2D eigenvalue weighted by Crippen LogP contribution is -2.09. The van der Waals surface area contributed by atoms with E-state index in [-0.39, 0.29) is 0 Å². The van der Waals surface area contributed by atoms with E-state index in [1.165, 1.54) is 11.1 Å². The molecule has 1 aromatic rings. The largest absolute Gasteiger partial charge is 0.493 e. The van der Waals surface area contributed by atoms with E-state index in [0.29, 0.717) is 18.4 Å². The molecule has 2 N–H and O–H groups in total. The number of ether oxygens (including phenoxy) is 2. The highest BCUT2D eigenvalue weighted by atomic mass is 79.9. The van der Waals surface area contributed by atoms with E-state index < -0.39 is 0 Å². The molecule has 108 valence electrons. The van der Waals surface area contributed by atoms with E-state index >= 15 is 0 Å². The molecule has 0 radical (unpaired) electrons. The van der Waals surface area contributed by atoms with E-state index in [1.54, 1.807) is 14.2 Å². The van der Waals surface area contributed by atoms with Crippen LogP contribution in [0.25, 0.3) is 0 Å². The molecule has 0 saturated heterocycles. The fraction of sp³-hybridized carbons (Fsp3) is 0.600. The summed E-state index contributed by atoms with van der Waals surface area (Å²) in [4.78, 5) is 0. The van der Waals surface area contributed by atoms with E-state index in [1.807, 2.05) is 0 Å². The second kappa shape index (κ2) is 7.15.